The Morgan fingerprint density at radius 3 is 2.31 bits per heavy atom. The van der Waals surface area contributed by atoms with Gasteiger partial charge in [-0.3, -0.25) is 23.9 Å². The van der Waals surface area contributed by atoms with E-state index in [0.717, 1.165) is 0 Å². The van der Waals surface area contributed by atoms with Gasteiger partial charge < -0.3 is 34.6 Å². The largest absolute Gasteiger partial charge is 0.383 e. The molecule has 17 heteroatoms. The predicted octanol–water partition coefficient (Wildman–Crippen LogP) is 3.72. The van der Waals surface area contributed by atoms with Crippen molar-refractivity contribution in [1.82, 2.24) is 29.1 Å². The highest BCUT2D eigenvalue weighted by atomic mass is 35.5. The molecular formula is C38H45ClF2N9O5+. The molecule has 0 bridgehead atoms. The minimum absolute atomic E-state index is 0.0563. The molecule has 2 aromatic heterocycles. The second-order valence-electron chi connectivity index (χ2n) is 14.4. The molecule has 0 radical (unpaired) electrons. The summed E-state index contributed by atoms with van der Waals surface area (Å²) < 4.78 is 39.6. The average molecular weight is 781 g/mol. The van der Waals surface area contributed by atoms with Crippen molar-refractivity contribution < 1.29 is 37.2 Å². The molecule has 0 spiro atoms. The van der Waals surface area contributed by atoms with Crippen LogP contribution in [0.1, 0.15) is 39.5 Å². The van der Waals surface area contributed by atoms with E-state index >= 15 is 8.78 Å². The molecule has 3 N–H and O–H groups in total. The number of hydrogen-bond donors (Lipinski definition) is 2. The molecule has 292 valence electrons. The molecule has 4 aromatic rings. The molecule has 0 aliphatic carbocycles. The van der Waals surface area contributed by atoms with Gasteiger partial charge in [0, 0.05) is 87.7 Å². The summed E-state index contributed by atoms with van der Waals surface area (Å²) in [5.41, 5.74) is 7.10. The number of likely N-dealkylation sites (N-methyl/N-ethyl adjacent to an activating group) is 1. The number of piperazine rings is 1. The topological polar surface area (TPSA) is 158 Å². The molecular weight excluding hydrogens is 736 g/mol. The maximum Gasteiger partial charge on any atom is 0.291 e. The fraction of sp³-hybridized carbons (Fsp3) is 0.421. The molecule has 2 saturated heterocycles. The number of nitrogens with zero attached hydrogens (tertiary/aromatic N) is 7. The highest BCUT2D eigenvalue weighted by molar-refractivity contribution is 6.34. The number of imidazole rings is 1. The second-order valence-corrected chi connectivity index (χ2v) is 14.8. The summed E-state index contributed by atoms with van der Waals surface area (Å²) in [7, 11) is 5.07. The Morgan fingerprint density at radius 2 is 1.65 bits per heavy atom. The van der Waals surface area contributed by atoms with Crippen LogP contribution in [0, 0.1) is 24.5 Å². The number of likely N-dealkylation sites (tertiary alicyclic amines) is 1. The zero-order valence-electron chi connectivity index (χ0n) is 31.3. The number of nitrogens with one attached hydrogen (secondary N) is 1. The first-order valence-corrected chi connectivity index (χ1v) is 18.4. The number of hydrogen-bond acceptors (Lipinski definition) is 7. The van der Waals surface area contributed by atoms with Gasteiger partial charge in [-0.05, 0) is 31.2 Å². The van der Waals surface area contributed by atoms with Crippen molar-refractivity contribution in [3.8, 4) is 22.4 Å². The molecule has 0 saturated carbocycles. The first kappa shape index (κ1) is 39.5. The van der Waals surface area contributed by atoms with Crippen LogP contribution in [-0.4, -0.2) is 124 Å². The van der Waals surface area contributed by atoms with Gasteiger partial charge >= 0.3 is 0 Å². The number of aryl methyl sites for hydroxylation is 1. The second kappa shape index (κ2) is 16.3. The third kappa shape index (κ3) is 8.40. The van der Waals surface area contributed by atoms with Crippen molar-refractivity contribution in [2.24, 2.45) is 18.7 Å². The Hall–Kier alpha value is -5.19. The Morgan fingerprint density at radius 1 is 1.00 bits per heavy atom. The van der Waals surface area contributed by atoms with Crippen LogP contribution in [-0.2, 0) is 27.9 Å². The number of anilines is 1. The van der Waals surface area contributed by atoms with Gasteiger partial charge in [-0.1, -0.05) is 17.7 Å². The van der Waals surface area contributed by atoms with Crippen molar-refractivity contribution in [2.75, 3.05) is 71.9 Å². The smallest absolute Gasteiger partial charge is 0.291 e. The zero-order chi connectivity index (χ0) is 39.6. The highest BCUT2D eigenvalue weighted by Gasteiger charge is 2.37. The van der Waals surface area contributed by atoms with E-state index in [1.54, 1.807) is 40.8 Å². The van der Waals surface area contributed by atoms with Crippen LogP contribution in [0.4, 0.5) is 14.5 Å². The lowest BCUT2D eigenvalue weighted by atomic mass is 9.93. The Kier molecular flexibility index (Phi) is 11.7. The molecule has 0 atom stereocenters. The lowest BCUT2D eigenvalue weighted by molar-refractivity contribution is -0.907. The van der Waals surface area contributed by atoms with Crippen LogP contribution in [0.5, 0.6) is 0 Å². The molecule has 14 nitrogen and oxygen atoms in total. The van der Waals surface area contributed by atoms with Gasteiger partial charge in [-0.2, -0.15) is 5.10 Å². The van der Waals surface area contributed by atoms with Crippen molar-refractivity contribution in [3.63, 3.8) is 0 Å². The first-order chi connectivity index (χ1) is 26.2. The molecule has 0 unspecified atom stereocenters. The summed E-state index contributed by atoms with van der Waals surface area (Å²) in [5.74, 6) is -3.53. The quantitative estimate of drug-likeness (QED) is 0.220. The van der Waals surface area contributed by atoms with Gasteiger partial charge in [0.2, 0.25) is 5.91 Å². The number of rotatable bonds is 11. The van der Waals surface area contributed by atoms with E-state index in [1.807, 2.05) is 7.05 Å². The number of nitrogens with two attached hydrogens (primary N) is 1. The molecule has 2 aliphatic rings. The summed E-state index contributed by atoms with van der Waals surface area (Å²) >= 11 is 6.54. The fourth-order valence-corrected chi connectivity index (χ4v) is 7.65. The van der Waals surface area contributed by atoms with E-state index in [4.69, 9.17) is 22.1 Å². The normalized spacial score (nSPS) is 18.7. The Bertz CT molecular complexity index is 2120. The monoisotopic (exact) mass is 780 g/mol. The van der Waals surface area contributed by atoms with Gasteiger partial charge in [0.15, 0.2) is 24.0 Å². The summed E-state index contributed by atoms with van der Waals surface area (Å²) in [6, 6.07) is 7.43. The van der Waals surface area contributed by atoms with Crippen LogP contribution in [0.3, 0.4) is 0 Å². The summed E-state index contributed by atoms with van der Waals surface area (Å²) in [4.78, 5) is 59.0. The summed E-state index contributed by atoms with van der Waals surface area (Å²) in [5, 5.41) is 7.19. The molecule has 4 amide bonds. The van der Waals surface area contributed by atoms with Gasteiger partial charge in [-0.25, -0.2) is 13.8 Å². The number of piperidine rings is 1. The average Bonchev–Trinajstić information content (AvgIpc) is 3.72. The van der Waals surface area contributed by atoms with E-state index in [9.17, 15) is 19.2 Å². The van der Waals surface area contributed by atoms with Crippen LogP contribution in [0.25, 0.3) is 22.4 Å². The molecule has 2 aliphatic heterocycles. The Labute approximate surface area is 322 Å². The highest BCUT2D eigenvalue weighted by Crippen LogP contribution is 2.33. The molecule has 4 heterocycles. The van der Waals surface area contributed by atoms with Gasteiger partial charge in [0.25, 0.3) is 17.7 Å². The van der Waals surface area contributed by atoms with Gasteiger partial charge in [0.05, 0.1) is 61.5 Å². The number of ether oxygens (including phenoxy) is 1. The summed E-state index contributed by atoms with van der Waals surface area (Å²) in [6.45, 7) is 5.73. The number of quaternary nitrogens is 1. The van der Waals surface area contributed by atoms with Crippen LogP contribution < -0.4 is 11.1 Å². The third-order valence-corrected chi connectivity index (χ3v) is 10.9. The van der Waals surface area contributed by atoms with Crippen molar-refractivity contribution in [3.05, 3.63) is 76.5 Å². The number of primary amides is 1. The van der Waals surface area contributed by atoms with Gasteiger partial charge in [-0.15, -0.1) is 0 Å². The maximum absolute atomic E-state index is 15.5. The lowest BCUT2D eigenvalue weighted by Crippen LogP contribution is -2.57. The van der Waals surface area contributed by atoms with Gasteiger partial charge in [0.1, 0.15) is 0 Å². The number of carbonyl (C=O) groups is 4. The minimum atomic E-state index is -1.09. The summed E-state index contributed by atoms with van der Waals surface area (Å²) in [6.07, 6.45) is 4.29. The minimum Gasteiger partial charge on any atom is -0.383 e. The number of benzene rings is 2. The van der Waals surface area contributed by atoms with Crippen molar-refractivity contribution in [1.29, 1.82) is 0 Å². The predicted molar refractivity (Wildman–Crippen MR) is 201 cm³/mol. The molecule has 6 rings (SSSR count). The molecule has 2 aromatic carbocycles. The van der Waals surface area contributed by atoms with E-state index in [2.05, 4.69) is 15.4 Å². The van der Waals surface area contributed by atoms with Crippen molar-refractivity contribution in [2.45, 2.75) is 26.3 Å². The van der Waals surface area contributed by atoms with Crippen LogP contribution >= 0.6 is 11.6 Å². The van der Waals surface area contributed by atoms with Crippen molar-refractivity contribution >= 4 is 40.9 Å². The van der Waals surface area contributed by atoms with E-state index < -0.39 is 17.5 Å². The Balaban J connectivity index is 1.06. The maximum atomic E-state index is 15.5. The fourth-order valence-electron chi connectivity index (χ4n) is 7.39. The van der Waals surface area contributed by atoms with E-state index in [0.29, 0.717) is 86.7 Å². The SMILES string of the molecule is COCCn1cc(-c2ccc(-c3cnc(C(=O)Nc4ccc(C(=O)N5CCN(C(=O)C6CC[N+](C)(CC(N)=O)CC6)CC5)c(Cl)c4)n3C)c(F)c2F)c(C)n1. The standard InChI is InChI=1S/C38H44ClF2N9O5/c1-23-29(21-49(45-23)15-18-55-4)26-7-8-28(34(41)33(26)40)31-20-43-35(46(31)2)36(52)44-25-5-6-27(30(39)19-25)38(54)48-13-11-47(12-14-48)37(53)24-9-16-50(3,17-10-24)22-32(42)51/h5-8,19-21,24H,9-18,22H2,1-4H3,(H2-,42,44,51,52,54)/p+1. The molecule has 2 fully saturated rings. The molecule has 55 heavy (non-hydrogen) atoms. The van der Waals surface area contributed by atoms with E-state index in [1.165, 1.54) is 42.1 Å². The zero-order valence-corrected chi connectivity index (χ0v) is 32.0. The van der Waals surface area contributed by atoms with Crippen LogP contribution in [0.15, 0.2) is 42.7 Å². The van der Waals surface area contributed by atoms with Crippen LogP contribution in [0.2, 0.25) is 5.02 Å². The number of carbonyl (C=O) groups excluding carboxylic acids is 4. The number of methoxy groups -OCH3 is 1. The first-order valence-electron chi connectivity index (χ1n) is 18.0. The van der Waals surface area contributed by atoms with E-state index in [-0.39, 0.29) is 63.4 Å². The lowest BCUT2D eigenvalue weighted by Gasteiger charge is -2.41. The number of halogens is 3. The third-order valence-electron chi connectivity index (χ3n) is 10.6. The number of amides is 4. The number of aromatic nitrogens is 4.